The second-order valence-electron chi connectivity index (χ2n) is 9.73. The van der Waals surface area contributed by atoms with Gasteiger partial charge in [0.15, 0.2) is 5.65 Å². The third-order valence-electron chi connectivity index (χ3n) is 6.95. The molecule has 5 rings (SSSR count). The number of carbonyl (C=O) groups excluding carboxylic acids is 2. The molecule has 0 radical (unpaired) electrons. The van der Waals surface area contributed by atoms with E-state index in [1.165, 1.54) is 11.1 Å². The van der Waals surface area contributed by atoms with Gasteiger partial charge in [-0.1, -0.05) is 59.8 Å². The van der Waals surface area contributed by atoms with E-state index < -0.39 is 0 Å². The lowest BCUT2D eigenvalue weighted by Crippen LogP contribution is -2.50. The van der Waals surface area contributed by atoms with E-state index in [9.17, 15) is 9.59 Å². The lowest BCUT2D eigenvalue weighted by molar-refractivity contribution is -0.132. The number of aromatic nitrogens is 4. The number of carbonyl (C=O) groups is 2. The summed E-state index contributed by atoms with van der Waals surface area (Å²) in [5, 5.41) is 10.7. The minimum Gasteiger partial charge on any atom is -0.450 e. The Morgan fingerprint density at radius 1 is 0.974 bits per heavy atom. The Balaban J connectivity index is 1.16. The molecule has 204 valence electrons. The molecule has 2 amide bonds. The molecule has 1 fully saturated rings. The van der Waals surface area contributed by atoms with Gasteiger partial charge in [0.05, 0.1) is 12.1 Å². The van der Waals surface area contributed by atoms with Crippen LogP contribution in [0.4, 0.5) is 4.79 Å². The molecule has 0 bridgehead atoms. The molecule has 39 heavy (non-hydrogen) atoms. The number of para-hydroxylation sites is 1. The topological polar surface area (TPSA) is 93.5 Å². The molecule has 4 aromatic rings. The molecule has 1 aliphatic rings. The van der Waals surface area contributed by atoms with Crippen LogP contribution in [0.3, 0.4) is 0 Å². The Bertz CT molecular complexity index is 1460. The van der Waals surface area contributed by atoms with Crippen LogP contribution in [0, 0.1) is 6.92 Å². The fraction of sp³-hybridized carbons (Fsp3) is 0.414. The van der Waals surface area contributed by atoms with Gasteiger partial charge >= 0.3 is 6.09 Å². The second-order valence-corrected chi connectivity index (χ2v) is 10.8. The third-order valence-corrected chi connectivity index (χ3v) is 7.88. The minimum absolute atomic E-state index is 0.142. The standard InChI is InChI=1S/C29H34N6O3S/c1-3-38-29(37)34-16-14-33(15-17-34)25(36)13-6-7-18-39-28-30-27-26(31-32-28)23-11-4-5-12-24(23)35(27)20-22-10-8-9-21(2)19-22/h4-5,8-12,19H,3,6-7,13-18,20H2,1-2H3. The Labute approximate surface area is 232 Å². The van der Waals surface area contributed by atoms with Crippen molar-refractivity contribution in [3.63, 3.8) is 0 Å². The molecular weight excluding hydrogens is 512 g/mol. The van der Waals surface area contributed by atoms with E-state index >= 15 is 0 Å². The average Bonchev–Trinajstić information content (AvgIpc) is 3.25. The molecule has 0 spiro atoms. The van der Waals surface area contributed by atoms with E-state index in [1.54, 1.807) is 23.6 Å². The molecule has 1 saturated heterocycles. The van der Waals surface area contributed by atoms with E-state index in [1.807, 2.05) is 17.0 Å². The van der Waals surface area contributed by atoms with Crippen molar-refractivity contribution in [3.05, 3.63) is 59.7 Å². The molecule has 0 aliphatic carbocycles. The summed E-state index contributed by atoms with van der Waals surface area (Å²) in [6.45, 7) is 7.14. The van der Waals surface area contributed by atoms with Gasteiger partial charge < -0.3 is 19.1 Å². The molecule has 10 heteroatoms. The van der Waals surface area contributed by atoms with Crippen molar-refractivity contribution in [3.8, 4) is 0 Å². The van der Waals surface area contributed by atoms with Crippen molar-refractivity contribution in [2.45, 2.75) is 44.8 Å². The van der Waals surface area contributed by atoms with E-state index in [2.05, 4.69) is 58.1 Å². The summed E-state index contributed by atoms with van der Waals surface area (Å²) in [5.41, 5.74) is 5.20. The van der Waals surface area contributed by atoms with Crippen LogP contribution in [-0.2, 0) is 16.1 Å². The first-order valence-electron chi connectivity index (χ1n) is 13.5. The zero-order valence-electron chi connectivity index (χ0n) is 22.5. The molecule has 2 aromatic heterocycles. The van der Waals surface area contributed by atoms with Gasteiger partial charge in [-0.3, -0.25) is 4.79 Å². The summed E-state index contributed by atoms with van der Waals surface area (Å²) in [7, 11) is 0. The summed E-state index contributed by atoms with van der Waals surface area (Å²) < 4.78 is 7.27. The molecule has 0 N–H and O–H groups in total. The highest BCUT2D eigenvalue weighted by atomic mass is 32.2. The van der Waals surface area contributed by atoms with Crippen LogP contribution in [0.15, 0.2) is 53.7 Å². The fourth-order valence-electron chi connectivity index (χ4n) is 4.96. The molecule has 3 heterocycles. The number of ether oxygens (including phenoxy) is 1. The SMILES string of the molecule is CCOC(=O)N1CCN(C(=O)CCCCSc2nnc3c4ccccc4n(Cc4cccc(C)c4)c3n2)CC1. The quantitative estimate of drug-likeness (QED) is 0.218. The van der Waals surface area contributed by atoms with Crippen LogP contribution in [0.5, 0.6) is 0 Å². The first-order valence-corrected chi connectivity index (χ1v) is 14.5. The summed E-state index contributed by atoms with van der Waals surface area (Å²) in [6.07, 6.45) is 1.88. The van der Waals surface area contributed by atoms with E-state index in [-0.39, 0.29) is 12.0 Å². The van der Waals surface area contributed by atoms with Crippen molar-refractivity contribution >= 4 is 45.8 Å². The maximum absolute atomic E-state index is 12.6. The van der Waals surface area contributed by atoms with Crippen LogP contribution < -0.4 is 0 Å². The molecule has 9 nitrogen and oxygen atoms in total. The molecule has 0 unspecified atom stereocenters. The van der Waals surface area contributed by atoms with Gasteiger partial charge in [0.2, 0.25) is 11.1 Å². The van der Waals surface area contributed by atoms with Gasteiger partial charge in [0, 0.05) is 50.3 Å². The van der Waals surface area contributed by atoms with Crippen LogP contribution in [0.25, 0.3) is 22.1 Å². The predicted octanol–water partition coefficient (Wildman–Crippen LogP) is 4.90. The average molecular weight is 547 g/mol. The van der Waals surface area contributed by atoms with Crippen LogP contribution >= 0.6 is 11.8 Å². The highest BCUT2D eigenvalue weighted by molar-refractivity contribution is 7.99. The van der Waals surface area contributed by atoms with Crippen molar-refractivity contribution in [2.75, 3.05) is 38.5 Å². The maximum Gasteiger partial charge on any atom is 0.409 e. The Hall–Kier alpha value is -3.66. The first-order chi connectivity index (χ1) is 19.0. The monoisotopic (exact) mass is 546 g/mol. The number of piperazine rings is 1. The number of benzene rings is 2. The summed E-state index contributed by atoms with van der Waals surface area (Å²) in [5.74, 6) is 0.957. The fourth-order valence-corrected chi connectivity index (χ4v) is 5.74. The van der Waals surface area contributed by atoms with Crippen LogP contribution in [-0.4, -0.2) is 80.1 Å². The number of rotatable bonds is 9. The summed E-state index contributed by atoms with van der Waals surface area (Å²) in [6, 6.07) is 16.8. The molecule has 0 atom stereocenters. The highest BCUT2D eigenvalue weighted by Crippen LogP contribution is 2.28. The Morgan fingerprint density at radius 3 is 2.56 bits per heavy atom. The van der Waals surface area contributed by atoms with Gasteiger partial charge in [-0.15, -0.1) is 10.2 Å². The van der Waals surface area contributed by atoms with E-state index in [4.69, 9.17) is 9.72 Å². The molecule has 1 aliphatic heterocycles. The zero-order valence-corrected chi connectivity index (χ0v) is 23.3. The van der Waals surface area contributed by atoms with Crippen molar-refractivity contribution in [1.29, 1.82) is 0 Å². The normalized spacial score (nSPS) is 13.8. The van der Waals surface area contributed by atoms with Gasteiger partial charge in [-0.25, -0.2) is 9.78 Å². The number of fused-ring (bicyclic) bond motifs is 3. The Morgan fingerprint density at radius 2 is 1.77 bits per heavy atom. The van der Waals surface area contributed by atoms with Crippen LogP contribution in [0.2, 0.25) is 0 Å². The van der Waals surface area contributed by atoms with Gasteiger partial charge in [-0.2, -0.15) is 0 Å². The number of thioether (sulfide) groups is 1. The number of amides is 2. The molecule has 0 saturated carbocycles. The lowest BCUT2D eigenvalue weighted by atomic mass is 10.1. The van der Waals surface area contributed by atoms with Crippen molar-refractivity contribution in [2.24, 2.45) is 0 Å². The molecule has 2 aromatic carbocycles. The van der Waals surface area contributed by atoms with Crippen molar-refractivity contribution in [1.82, 2.24) is 29.5 Å². The van der Waals surface area contributed by atoms with E-state index in [0.29, 0.717) is 50.9 Å². The first kappa shape index (κ1) is 26.9. The number of nitrogens with zero attached hydrogens (tertiary/aromatic N) is 6. The number of hydrogen-bond acceptors (Lipinski definition) is 7. The minimum atomic E-state index is -0.299. The maximum atomic E-state index is 12.6. The second kappa shape index (κ2) is 12.5. The van der Waals surface area contributed by atoms with E-state index in [0.717, 1.165) is 40.7 Å². The highest BCUT2D eigenvalue weighted by Gasteiger charge is 2.24. The van der Waals surface area contributed by atoms with Crippen molar-refractivity contribution < 1.29 is 14.3 Å². The third kappa shape index (κ3) is 6.33. The lowest BCUT2D eigenvalue weighted by Gasteiger charge is -2.34. The summed E-state index contributed by atoms with van der Waals surface area (Å²) >= 11 is 1.58. The molecular formula is C29H34N6O3S. The van der Waals surface area contributed by atoms with Gasteiger partial charge in [0.1, 0.15) is 5.52 Å². The number of hydrogen-bond donors (Lipinski definition) is 0. The number of unbranched alkanes of at least 4 members (excludes halogenated alkanes) is 1. The van der Waals surface area contributed by atoms with Gasteiger partial charge in [-0.05, 0) is 38.3 Å². The zero-order chi connectivity index (χ0) is 27.2. The number of aryl methyl sites for hydroxylation is 1. The van der Waals surface area contributed by atoms with Crippen LogP contribution in [0.1, 0.15) is 37.3 Å². The Kier molecular flexibility index (Phi) is 8.61. The predicted molar refractivity (Wildman–Crippen MR) is 153 cm³/mol. The summed E-state index contributed by atoms with van der Waals surface area (Å²) in [4.78, 5) is 32.9. The van der Waals surface area contributed by atoms with Gasteiger partial charge in [0.25, 0.3) is 0 Å². The largest absolute Gasteiger partial charge is 0.450 e. The smallest absolute Gasteiger partial charge is 0.409 e.